The molecular weight excluding hydrogens is 319 g/mol. The Hall–Kier alpha value is -0.450. The Morgan fingerprint density at radius 3 is 2.26 bits per heavy atom. The second-order valence-corrected chi connectivity index (χ2v) is 5.88. The average Bonchev–Trinajstić information content (AvgIpc) is 2.46. The van der Waals surface area contributed by atoms with Gasteiger partial charge in [-0.3, -0.25) is 4.90 Å². The lowest BCUT2D eigenvalue weighted by atomic mass is 9.94. The second kappa shape index (κ2) is 9.75. The fourth-order valence-corrected chi connectivity index (χ4v) is 2.70. The van der Waals surface area contributed by atoms with Crippen molar-refractivity contribution in [3.8, 4) is 0 Å². The van der Waals surface area contributed by atoms with Gasteiger partial charge >= 0.3 is 6.18 Å². The Morgan fingerprint density at radius 1 is 1.00 bits per heavy atom. The Labute approximate surface area is 133 Å². The van der Waals surface area contributed by atoms with Crippen LogP contribution in [0, 0.1) is 0 Å². The molecule has 0 unspecified atom stereocenters. The van der Waals surface area contributed by atoms with E-state index in [0.717, 1.165) is 6.42 Å². The summed E-state index contributed by atoms with van der Waals surface area (Å²) in [5, 5.41) is 38.4. The summed E-state index contributed by atoms with van der Waals surface area (Å²) in [6.07, 6.45) is -5.12. The van der Waals surface area contributed by atoms with Gasteiger partial charge in [-0.05, 0) is 19.4 Å². The van der Waals surface area contributed by atoms with E-state index in [2.05, 4.69) is 4.74 Å². The van der Waals surface area contributed by atoms with Crippen molar-refractivity contribution < 1.29 is 38.3 Å². The lowest BCUT2D eigenvalue weighted by Gasteiger charge is -2.43. The van der Waals surface area contributed by atoms with E-state index in [9.17, 15) is 33.6 Å². The monoisotopic (exact) mass is 345 g/mol. The van der Waals surface area contributed by atoms with Crippen LogP contribution in [-0.2, 0) is 4.74 Å². The van der Waals surface area contributed by atoms with Gasteiger partial charge in [0.25, 0.3) is 0 Å². The van der Waals surface area contributed by atoms with Crippen molar-refractivity contribution in [1.29, 1.82) is 0 Å². The molecule has 0 aromatic carbocycles. The van der Waals surface area contributed by atoms with Crippen LogP contribution in [0.3, 0.4) is 0 Å². The van der Waals surface area contributed by atoms with Crippen LogP contribution in [0.15, 0.2) is 0 Å². The van der Waals surface area contributed by atoms with Crippen molar-refractivity contribution >= 4 is 0 Å². The molecule has 0 aromatic rings. The van der Waals surface area contributed by atoms with Crippen molar-refractivity contribution in [2.45, 2.75) is 56.2 Å². The van der Waals surface area contributed by atoms with Crippen LogP contribution in [0.25, 0.3) is 0 Å². The molecule has 1 rings (SSSR count). The SMILES string of the molecule is OC[C@@H]1[C@@H](O)[C@H](O)[C@@H](O)CN1CCCCCCOCC(F)(F)F. The Kier molecular flexibility index (Phi) is 8.73. The predicted octanol–water partition coefficient (Wildman–Crippen LogP) is -0.115. The fraction of sp³-hybridized carbons (Fsp3) is 1.00. The van der Waals surface area contributed by atoms with Gasteiger partial charge in [-0.1, -0.05) is 12.8 Å². The molecule has 6 nitrogen and oxygen atoms in total. The molecule has 0 radical (unpaired) electrons. The number of nitrogens with zero attached hydrogens (tertiary/aromatic N) is 1. The van der Waals surface area contributed by atoms with Crippen molar-refractivity contribution in [3.05, 3.63) is 0 Å². The number of likely N-dealkylation sites (tertiary alicyclic amines) is 1. The first-order chi connectivity index (χ1) is 10.8. The quantitative estimate of drug-likeness (QED) is 0.436. The highest BCUT2D eigenvalue weighted by Gasteiger charge is 2.40. The molecule has 1 fully saturated rings. The van der Waals surface area contributed by atoms with Crippen LogP contribution in [-0.4, -0.2) is 88.8 Å². The normalized spacial score (nSPS) is 29.9. The largest absolute Gasteiger partial charge is 0.411 e. The minimum atomic E-state index is -4.29. The zero-order valence-electron chi connectivity index (χ0n) is 13.0. The molecule has 4 atom stereocenters. The lowest BCUT2D eigenvalue weighted by Crippen LogP contribution is -2.62. The van der Waals surface area contributed by atoms with Gasteiger partial charge in [0.05, 0.1) is 18.8 Å². The Balaban J connectivity index is 2.15. The molecular formula is C14H26F3NO5. The highest BCUT2D eigenvalue weighted by atomic mass is 19.4. The summed E-state index contributed by atoms with van der Waals surface area (Å²) in [6.45, 7) is -0.799. The molecule has 1 heterocycles. The third-order valence-electron chi connectivity index (χ3n) is 3.97. The molecule has 4 N–H and O–H groups in total. The minimum absolute atomic E-state index is 0.0616. The molecule has 0 saturated carbocycles. The number of hydrogen-bond acceptors (Lipinski definition) is 6. The molecule has 1 aliphatic rings. The fourth-order valence-electron chi connectivity index (χ4n) is 2.70. The third kappa shape index (κ3) is 7.32. The van der Waals surface area contributed by atoms with Crippen molar-refractivity contribution in [2.24, 2.45) is 0 Å². The molecule has 9 heteroatoms. The first-order valence-corrected chi connectivity index (χ1v) is 7.80. The highest BCUT2D eigenvalue weighted by molar-refractivity contribution is 4.93. The summed E-state index contributed by atoms with van der Waals surface area (Å²) < 4.78 is 40.0. The van der Waals surface area contributed by atoms with Crippen molar-refractivity contribution in [3.63, 3.8) is 0 Å². The summed E-state index contributed by atoms with van der Waals surface area (Å²) in [7, 11) is 0. The van der Waals surface area contributed by atoms with Crippen LogP contribution >= 0.6 is 0 Å². The topological polar surface area (TPSA) is 93.4 Å². The molecule has 0 bridgehead atoms. The van der Waals surface area contributed by atoms with Gasteiger partial charge in [-0.15, -0.1) is 0 Å². The molecule has 0 amide bonds. The summed E-state index contributed by atoms with van der Waals surface area (Å²) in [5.41, 5.74) is 0. The van der Waals surface area contributed by atoms with E-state index in [-0.39, 0.29) is 19.8 Å². The van der Waals surface area contributed by atoms with E-state index < -0.39 is 37.1 Å². The first-order valence-electron chi connectivity index (χ1n) is 7.80. The average molecular weight is 345 g/mol. The second-order valence-electron chi connectivity index (χ2n) is 5.88. The molecule has 1 aliphatic heterocycles. The van der Waals surface area contributed by atoms with E-state index in [1.165, 1.54) is 0 Å². The lowest BCUT2D eigenvalue weighted by molar-refractivity contribution is -0.174. The van der Waals surface area contributed by atoms with Crippen molar-refractivity contribution in [2.75, 3.05) is 32.9 Å². The van der Waals surface area contributed by atoms with Gasteiger partial charge in [-0.2, -0.15) is 13.2 Å². The maximum absolute atomic E-state index is 11.8. The zero-order valence-corrected chi connectivity index (χ0v) is 13.0. The van der Waals surface area contributed by atoms with Gasteiger partial charge in [-0.25, -0.2) is 0 Å². The van der Waals surface area contributed by atoms with Crippen molar-refractivity contribution in [1.82, 2.24) is 4.90 Å². The number of rotatable bonds is 9. The predicted molar refractivity (Wildman–Crippen MR) is 75.8 cm³/mol. The smallest absolute Gasteiger partial charge is 0.395 e. The third-order valence-corrected chi connectivity index (χ3v) is 3.97. The summed E-state index contributed by atoms with van der Waals surface area (Å²) >= 11 is 0. The van der Waals surface area contributed by atoms with E-state index in [0.29, 0.717) is 25.8 Å². The number of β-amino-alcohol motifs (C(OH)–C–C–N with tert-alkyl or cyclic N) is 1. The number of unbranched alkanes of at least 4 members (excludes halogenated alkanes) is 3. The number of alkyl halides is 3. The summed E-state index contributed by atoms with van der Waals surface area (Å²) in [6, 6.07) is -0.622. The van der Waals surface area contributed by atoms with Crippen LogP contribution < -0.4 is 0 Å². The van der Waals surface area contributed by atoms with Crippen LogP contribution in [0.1, 0.15) is 25.7 Å². The standard InChI is InChI=1S/C14H26F3NO5/c15-14(16,17)9-23-6-4-2-1-3-5-18-7-11(20)13(22)12(21)10(18)8-19/h10-13,19-22H,1-9H2/t10-,11+,12-,13-/m1/s1. The van der Waals surface area contributed by atoms with Gasteiger partial charge in [0.2, 0.25) is 0 Å². The first kappa shape index (κ1) is 20.6. The van der Waals surface area contributed by atoms with E-state index >= 15 is 0 Å². The van der Waals surface area contributed by atoms with Gasteiger partial charge < -0.3 is 25.2 Å². The summed E-state index contributed by atoms with van der Waals surface area (Å²) in [5.74, 6) is 0. The molecule has 0 spiro atoms. The summed E-state index contributed by atoms with van der Waals surface area (Å²) in [4.78, 5) is 1.72. The van der Waals surface area contributed by atoms with E-state index in [1.807, 2.05) is 0 Å². The molecule has 0 aromatic heterocycles. The number of aliphatic hydroxyl groups excluding tert-OH is 4. The highest BCUT2D eigenvalue weighted by Crippen LogP contribution is 2.20. The van der Waals surface area contributed by atoms with Gasteiger partial charge in [0, 0.05) is 13.2 Å². The van der Waals surface area contributed by atoms with Gasteiger partial charge in [0.1, 0.15) is 18.8 Å². The number of halogens is 3. The number of hydrogen-bond donors (Lipinski definition) is 4. The van der Waals surface area contributed by atoms with E-state index in [1.54, 1.807) is 4.90 Å². The Bertz CT molecular complexity index is 332. The minimum Gasteiger partial charge on any atom is -0.395 e. The zero-order chi connectivity index (χ0) is 17.5. The van der Waals surface area contributed by atoms with Crippen LogP contribution in [0.5, 0.6) is 0 Å². The van der Waals surface area contributed by atoms with Crippen LogP contribution in [0.4, 0.5) is 13.2 Å². The van der Waals surface area contributed by atoms with Gasteiger partial charge in [0.15, 0.2) is 0 Å². The maximum Gasteiger partial charge on any atom is 0.411 e. The Morgan fingerprint density at radius 2 is 1.65 bits per heavy atom. The maximum atomic E-state index is 11.8. The van der Waals surface area contributed by atoms with Crippen LogP contribution in [0.2, 0.25) is 0 Å². The number of piperidine rings is 1. The molecule has 1 saturated heterocycles. The molecule has 23 heavy (non-hydrogen) atoms. The number of aliphatic hydroxyl groups is 4. The molecule has 0 aliphatic carbocycles. The molecule has 138 valence electrons. The van der Waals surface area contributed by atoms with E-state index in [4.69, 9.17) is 0 Å². The number of ether oxygens (including phenoxy) is 1.